The summed E-state index contributed by atoms with van der Waals surface area (Å²) in [5.74, 6) is -0.754. The first-order valence-electron chi connectivity index (χ1n) is 5.57. The van der Waals surface area contributed by atoms with Crippen molar-refractivity contribution in [3.05, 3.63) is 39.9 Å². The van der Waals surface area contributed by atoms with Gasteiger partial charge in [-0.05, 0) is 30.5 Å². The third-order valence-electron chi connectivity index (χ3n) is 2.55. The van der Waals surface area contributed by atoms with E-state index in [-0.39, 0.29) is 6.42 Å². The standard InChI is InChI=1S/C13H12BrNO2S/c14-10-6-4-9(5-7-10)13-11(15-8-18-13)2-1-3-12(16)17/h4-8H,1-3H2,(H,16,17). The Morgan fingerprint density at radius 2 is 2.06 bits per heavy atom. The first-order valence-corrected chi connectivity index (χ1v) is 7.24. The van der Waals surface area contributed by atoms with Crippen LogP contribution < -0.4 is 0 Å². The Morgan fingerprint density at radius 3 is 2.72 bits per heavy atom. The number of aryl methyl sites for hydroxylation is 1. The number of benzene rings is 1. The van der Waals surface area contributed by atoms with Gasteiger partial charge in [-0.1, -0.05) is 28.1 Å². The smallest absolute Gasteiger partial charge is 0.303 e. The predicted molar refractivity (Wildman–Crippen MR) is 75.8 cm³/mol. The Bertz CT molecular complexity index is 536. The summed E-state index contributed by atoms with van der Waals surface area (Å²) in [6.45, 7) is 0. The Kier molecular flexibility index (Phi) is 4.49. The molecule has 0 unspecified atom stereocenters. The van der Waals surface area contributed by atoms with Crippen molar-refractivity contribution >= 4 is 33.2 Å². The Hall–Kier alpha value is -1.20. The summed E-state index contributed by atoms with van der Waals surface area (Å²) in [6.07, 6.45) is 1.53. The number of carboxylic acids is 1. The van der Waals surface area contributed by atoms with Crippen LogP contribution in [0.4, 0.5) is 0 Å². The van der Waals surface area contributed by atoms with Gasteiger partial charge in [-0.25, -0.2) is 4.98 Å². The van der Waals surface area contributed by atoms with Crippen LogP contribution in [-0.2, 0) is 11.2 Å². The van der Waals surface area contributed by atoms with E-state index in [2.05, 4.69) is 20.9 Å². The first kappa shape index (κ1) is 13.2. The van der Waals surface area contributed by atoms with E-state index in [4.69, 9.17) is 5.11 Å². The predicted octanol–water partition coefficient (Wildman–Crippen LogP) is 3.98. The zero-order valence-electron chi connectivity index (χ0n) is 9.60. The highest BCUT2D eigenvalue weighted by atomic mass is 79.9. The van der Waals surface area contributed by atoms with Crippen molar-refractivity contribution in [3.63, 3.8) is 0 Å². The average Bonchev–Trinajstić information content (AvgIpc) is 2.78. The third kappa shape index (κ3) is 3.40. The molecule has 2 rings (SSSR count). The molecule has 0 saturated carbocycles. The lowest BCUT2D eigenvalue weighted by Gasteiger charge is -2.02. The molecule has 0 saturated heterocycles. The number of aliphatic carboxylic acids is 1. The minimum absolute atomic E-state index is 0.192. The minimum Gasteiger partial charge on any atom is -0.481 e. The lowest BCUT2D eigenvalue weighted by molar-refractivity contribution is -0.137. The zero-order valence-corrected chi connectivity index (χ0v) is 12.0. The molecular weight excluding hydrogens is 314 g/mol. The normalized spacial score (nSPS) is 10.5. The lowest BCUT2D eigenvalue weighted by Crippen LogP contribution is -1.96. The van der Waals surface area contributed by atoms with Crippen LogP contribution in [0.2, 0.25) is 0 Å². The SMILES string of the molecule is O=C(O)CCCc1ncsc1-c1ccc(Br)cc1. The van der Waals surface area contributed by atoms with E-state index >= 15 is 0 Å². The van der Waals surface area contributed by atoms with Crippen molar-refractivity contribution in [2.24, 2.45) is 0 Å². The molecule has 1 N–H and O–H groups in total. The number of hydrogen-bond donors (Lipinski definition) is 1. The second-order valence-electron chi connectivity index (χ2n) is 3.88. The van der Waals surface area contributed by atoms with Crippen molar-refractivity contribution in [1.29, 1.82) is 0 Å². The van der Waals surface area contributed by atoms with E-state index in [1.54, 1.807) is 11.3 Å². The quantitative estimate of drug-likeness (QED) is 0.904. The number of carboxylic acid groups (broad SMARTS) is 1. The summed E-state index contributed by atoms with van der Waals surface area (Å²) in [6, 6.07) is 8.07. The second kappa shape index (κ2) is 6.11. The Labute approximate surface area is 118 Å². The molecule has 3 nitrogen and oxygen atoms in total. The van der Waals surface area contributed by atoms with Crippen molar-refractivity contribution in [2.75, 3.05) is 0 Å². The molecule has 94 valence electrons. The lowest BCUT2D eigenvalue weighted by atomic mass is 10.1. The maximum absolute atomic E-state index is 10.5. The van der Waals surface area contributed by atoms with Gasteiger partial charge in [0.15, 0.2) is 0 Å². The van der Waals surface area contributed by atoms with Crippen LogP contribution in [0.3, 0.4) is 0 Å². The fourth-order valence-electron chi connectivity index (χ4n) is 1.69. The maximum atomic E-state index is 10.5. The monoisotopic (exact) mass is 325 g/mol. The van der Waals surface area contributed by atoms with Gasteiger partial charge in [0, 0.05) is 10.9 Å². The summed E-state index contributed by atoms with van der Waals surface area (Å²) in [5.41, 5.74) is 3.93. The maximum Gasteiger partial charge on any atom is 0.303 e. The number of carbonyl (C=O) groups is 1. The average molecular weight is 326 g/mol. The van der Waals surface area contributed by atoms with Crippen molar-refractivity contribution in [1.82, 2.24) is 4.98 Å². The molecule has 18 heavy (non-hydrogen) atoms. The first-order chi connectivity index (χ1) is 8.66. The number of halogens is 1. The Balaban J connectivity index is 2.12. The molecule has 0 radical (unpaired) electrons. The van der Waals surface area contributed by atoms with E-state index < -0.39 is 5.97 Å². The summed E-state index contributed by atoms with van der Waals surface area (Å²) >= 11 is 5.00. The number of aromatic nitrogens is 1. The molecule has 0 amide bonds. The van der Waals surface area contributed by atoms with Crippen molar-refractivity contribution in [2.45, 2.75) is 19.3 Å². The molecule has 0 bridgehead atoms. The number of hydrogen-bond acceptors (Lipinski definition) is 3. The molecule has 1 aromatic heterocycles. The summed E-state index contributed by atoms with van der Waals surface area (Å²) in [7, 11) is 0. The molecular formula is C13H12BrNO2S. The van der Waals surface area contributed by atoms with Crippen LogP contribution in [0.15, 0.2) is 34.2 Å². The minimum atomic E-state index is -0.754. The van der Waals surface area contributed by atoms with Crippen molar-refractivity contribution < 1.29 is 9.90 Å². The van der Waals surface area contributed by atoms with Gasteiger partial charge in [-0.15, -0.1) is 11.3 Å². The molecule has 0 aliphatic heterocycles. The van der Waals surface area contributed by atoms with E-state index in [1.165, 1.54) is 0 Å². The van der Waals surface area contributed by atoms with E-state index in [0.29, 0.717) is 12.8 Å². The van der Waals surface area contributed by atoms with Gasteiger partial charge < -0.3 is 5.11 Å². The van der Waals surface area contributed by atoms with Crippen LogP contribution in [-0.4, -0.2) is 16.1 Å². The van der Waals surface area contributed by atoms with Crippen LogP contribution in [0.25, 0.3) is 10.4 Å². The topological polar surface area (TPSA) is 50.2 Å². The van der Waals surface area contributed by atoms with Crippen LogP contribution in [0.1, 0.15) is 18.5 Å². The highest BCUT2D eigenvalue weighted by Crippen LogP contribution is 2.29. The summed E-state index contributed by atoms with van der Waals surface area (Å²) < 4.78 is 1.04. The molecule has 0 aliphatic carbocycles. The van der Waals surface area contributed by atoms with Crippen LogP contribution in [0, 0.1) is 0 Å². The van der Waals surface area contributed by atoms with Gasteiger partial charge in [-0.3, -0.25) is 4.79 Å². The summed E-state index contributed by atoms with van der Waals surface area (Å²) in [5, 5.41) is 8.64. The van der Waals surface area contributed by atoms with Gasteiger partial charge in [-0.2, -0.15) is 0 Å². The number of thiazole rings is 1. The number of rotatable bonds is 5. The Morgan fingerprint density at radius 1 is 1.33 bits per heavy atom. The van der Waals surface area contributed by atoms with Crippen LogP contribution in [0.5, 0.6) is 0 Å². The molecule has 0 atom stereocenters. The second-order valence-corrected chi connectivity index (χ2v) is 5.65. The van der Waals surface area contributed by atoms with Gasteiger partial charge >= 0.3 is 5.97 Å². The molecule has 0 aliphatic rings. The fraction of sp³-hybridized carbons (Fsp3) is 0.231. The van der Waals surface area contributed by atoms with Gasteiger partial charge in [0.25, 0.3) is 0 Å². The van der Waals surface area contributed by atoms with Gasteiger partial charge in [0.05, 0.1) is 16.1 Å². The molecule has 2 aromatic rings. The molecule has 1 heterocycles. The highest BCUT2D eigenvalue weighted by molar-refractivity contribution is 9.10. The van der Waals surface area contributed by atoms with Crippen molar-refractivity contribution in [3.8, 4) is 10.4 Å². The molecule has 0 spiro atoms. The van der Waals surface area contributed by atoms with E-state index in [0.717, 1.165) is 20.6 Å². The molecule has 1 aromatic carbocycles. The number of nitrogens with zero attached hydrogens (tertiary/aromatic N) is 1. The molecule has 5 heteroatoms. The fourth-order valence-corrected chi connectivity index (χ4v) is 2.80. The molecule has 0 fully saturated rings. The van der Waals surface area contributed by atoms with Crippen LogP contribution >= 0.6 is 27.3 Å². The van der Waals surface area contributed by atoms with E-state index in [9.17, 15) is 4.79 Å². The van der Waals surface area contributed by atoms with E-state index in [1.807, 2.05) is 29.8 Å². The van der Waals surface area contributed by atoms with Gasteiger partial charge in [0.2, 0.25) is 0 Å². The summed E-state index contributed by atoms with van der Waals surface area (Å²) in [4.78, 5) is 16.0. The third-order valence-corrected chi connectivity index (χ3v) is 4.00. The van der Waals surface area contributed by atoms with Gasteiger partial charge in [0.1, 0.15) is 0 Å². The largest absolute Gasteiger partial charge is 0.481 e. The highest BCUT2D eigenvalue weighted by Gasteiger charge is 2.09. The zero-order chi connectivity index (χ0) is 13.0.